The van der Waals surface area contributed by atoms with Crippen LogP contribution in [0, 0.1) is 0 Å². The molecule has 1 aromatic carbocycles. The number of hydrogen-bond donors (Lipinski definition) is 3. The molecule has 6 nitrogen and oxygen atoms in total. The molecule has 1 unspecified atom stereocenters. The van der Waals surface area contributed by atoms with Gasteiger partial charge in [-0.25, -0.2) is 4.98 Å². The maximum Gasteiger partial charge on any atom is 0.269 e. The number of nitrogens with zero attached hydrogens (tertiary/aromatic N) is 1. The maximum absolute atomic E-state index is 12.0. The number of carbonyl (C=O) groups is 1. The van der Waals surface area contributed by atoms with E-state index in [-0.39, 0.29) is 18.6 Å². The molecule has 0 radical (unpaired) electrons. The molecule has 3 N–H and O–H groups in total. The quantitative estimate of drug-likeness (QED) is 0.731. The maximum atomic E-state index is 12.0. The Bertz CT molecular complexity index is 635. The monoisotopic (exact) mass is 317 g/mol. The van der Waals surface area contributed by atoms with Crippen molar-refractivity contribution in [2.24, 2.45) is 0 Å². The molecule has 6 heteroatoms. The lowest BCUT2D eigenvalue weighted by Gasteiger charge is -2.14. The van der Waals surface area contributed by atoms with E-state index in [4.69, 9.17) is 4.74 Å². The molecule has 0 saturated heterocycles. The Balaban J connectivity index is 1.88. The third-order valence-corrected chi connectivity index (χ3v) is 3.30. The van der Waals surface area contributed by atoms with Crippen LogP contribution in [0.5, 0.6) is 5.75 Å². The van der Waals surface area contributed by atoms with Crippen molar-refractivity contribution in [3.05, 3.63) is 47.5 Å². The van der Waals surface area contributed by atoms with Gasteiger partial charge in [-0.15, -0.1) is 0 Å². The molecule has 1 amide bonds. The highest BCUT2D eigenvalue weighted by Gasteiger charge is 2.13. The molecule has 1 aromatic heterocycles. The lowest BCUT2D eigenvalue weighted by atomic mass is 10.1. The molecule has 0 saturated carbocycles. The topological polar surface area (TPSA) is 87.2 Å². The molecule has 2 rings (SSSR count). The van der Waals surface area contributed by atoms with Crippen LogP contribution in [0.25, 0.3) is 0 Å². The van der Waals surface area contributed by atoms with Crippen molar-refractivity contribution in [3.8, 4) is 5.75 Å². The first-order valence-electron chi connectivity index (χ1n) is 7.76. The number of aromatic amines is 1. The number of nitrogens with one attached hydrogen (secondary N) is 2. The number of H-pyrrole nitrogens is 1. The normalized spacial score (nSPS) is 12.2. The van der Waals surface area contributed by atoms with Crippen LogP contribution in [0.3, 0.4) is 0 Å². The number of aryl methyl sites for hydroxylation is 1. The second kappa shape index (κ2) is 7.78. The minimum Gasteiger partial charge on any atom is -0.491 e. The Morgan fingerprint density at radius 1 is 1.35 bits per heavy atom. The first-order chi connectivity index (χ1) is 11.0. The van der Waals surface area contributed by atoms with Gasteiger partial charge in [-0.3, -0.25) is 4.79 Å². The summed E-state index contributed by atoms with van der Waals surface area (Å²) in [6, 6.07) is 7.20. The lowest BCUT2D eigenvalue weighted by molar-refractivity contribution is 0.0911. The summed E-state index contributed by atoms with van der Waals surface area (Å²) in [6.07, 6.45) is 1.56. The molecule has 0 aliphatic carbocycles. The summed E-state index contributed by atoms with van der Waals surface area (Å²) < 4.78 is 5.56. The van der Waals surface area contributed by atoms with E-state index < -0.39 is 6.10 Å². The summed E-state index contributed by atoms with van der Waals surface area (Å²) in [4.78, 5) is 19.0. The number of carbonyl (C=O) groups excluding carboxylic acids is 1. The Labute approximate surface area is 135 Å². The van der Waals surface area contributed by atoms with E-state index in [2.05, 4.69) is 15.3 Å². The van der Waals surface area contributed by atoms with Crippen LogP contribution in [-0.2, 0) is 6.42 Å². The van der Waals surface area contributed by atoms with Crippen molar-refractivity contribution in [3.63, 3.8) is 0 Å². The fraction of sp³-hybridized carbons (Fsp3) is 0.412. The molecule has 0 spiro atoms. The second-order valence-electron chi connectivity index (χ2n) is 5.56. The number of hydrogen-bond acceptors (Lipinski definition) is 4. The molecule has 0 aliphatic rings. The van der Waals surface area contributed by atoms with Crippen molar-refractivity contribution < 1.29 is 14.6 Å². The van der Waals surface area contributed by atoms with Crippen molar-refractivity contribution in [2.75, 3.05) is 6.54 Å². The largest absolute Gasteiger partial charge is 0.491 e. The SMILES string of the molecule is CCc1ncc(C(=O)NCC(O)c2ccc(OC(C)C)cc2)[nH]1. The van der Waals surface area contributed by atoms with E-state index in [0.717, 1.165) is 23.6 Å². The first-order valence-corrected chi connectivity index (χ1v) is 7.76. The van der Waals surface area contributed by atoms with E-state index >= 15 is 0 Å². The van der Waals surface area contributed by atoms with Gasteiger partial charge in [0.1, 0.15) is 17.3 Å². The van der Waals surface area contributed by atoms with Gasteiger partial charge in [0.05, 0.1) is 18.4 Å². The van der Waals surface area contributed by atoms with Gasteiger partial charge in [-0.05, 0) is 31.5 Å². The molecule has 0 fully saturated rings. The van der Waals surface area contributed by atoms with Crippen molar-refractivity contribution in [1.82, 2.24) is 15.3 Å². The second-order valence-corrected chi connectivity index (χ2v) is 5.56. The predicted octanol–water partition coefficient (Wildman–Crippen LogP) is 2.22. The minimum atomic E-state index is -0.777. The Hall–Kier alpha value is -2.34. The summed E-state index contributed by atoms with van der Waals surface area (Å²) in [6.45, 7) is 6.00. The highest BCUT2D eigenvalue weighted by atomic mass is 16.5. The number of aliphatic hydroxyl groups is 1. The summed E-state index contributed by atoms with van der Waals surface area (Å²) >= 11 is 0. The Morgan fingerprint density at radius 3 is 2.61 bits per heavy atom. The van der Waals surface area contributed by atoms with Gasteiger partial charge >= 0.3 is 0 Å². The third kappa shape index (κ3) is 4.82. The van der Waals surface area contributed by atoms with Gasteiger partial charge in [-0.2, -0.15) is 0 Å². The molecule has 124 valence electrons. The van der Waals surface area contributed by atoms with Crippen molar-refractivity contribution in [1.29, 1.82) is 0 Å². The van der Waals surface area contributed by atoms with Crippen LogP contribution in [0.4, 0.5) is 0 Å². The number of benzene rings is 1. The Kier molecular flexibility index (Phi) is 5.76. The highest BCUT2D eigenvalue weighted by Crippen LogP contribution is 2.18. The molecule has 0 aliphatic heterocycles. The standard InChI is InChI=1S/C17H23N3O3/c1-4-16-18-9-14(20-16)17(22)19-10-15(21)12-5-7-13(8-6-12)23-11(2)3/h5-9,11,15,21H,4,10H2,1-3H3,(H,18,20)(H,19,22). The van der Waals surface area contributed by atoms with E-state index in [1.807, 2.05) is 32.9 Å². The molecular formula is C17H23N3O3. The van der Waals surface area contributed by atoms with Crippen LogP contribution in [0.1, 0.15) is 48.8 Å². The van der Waals surface area contributed by atoms with Crippen LogP contribution in [0.15, 0.2) is 30.5 Å². The number of aliphatic hydroxyl groups excluding tert-OH is 1. The van der Waals surface area contributed by atoms with Gasteiger partial charge < -0.3 is 20.1 Å². The zero-order chi connectivity index (χ0) is 16.8. The fourth-order valence-corrected chi connectivity index (χ4v) is 2.10. The van der Waals surface area contributed by atoms with Gasteiger partial charge in [0.15, 0.2) is 0 Å². The van der Waals surface area contributed by atoms with E-state index in [1.165, 1.54) is 6.20 Å². The zero-order valence-corrected chi connectivity index (χ0v) is 13.7. The van der Waals surface area contributed by atoms with Crippen molar-refractivity contribution >= 4 is 5.91 Å². The summed E-state index contributed by atoms with van der Waals surface area (Å²) in [5.74, 6) is 1.23. The zero-order valence-electron chi connectivity index (χ0n) is 13.7. The smallest absolute Gasteiger partial charge is 0.269 e. The number of rotatable bonds is 7. The molecule has 1 heterocycles. The number of imidazole rings is 1. The lowest BCUT2D eigenvalue weighted by Crippen LogP contribution is -2.28. The van der Waals surface area contributed by atoms with Gasteiger partial charge in [0.2, 0.25) is 0 Å². The summed E-state index contributed by atoms with van der Waals surface area (Å²) in [7, 11) is 0. The summed E-state index contributed by atoms with van der Waals surface area (Å²) in [5.41, 5.74) is 1.12. The van der Waals surface area contributed by atoms with Crippen LogP contribution >= 0.6 is 0 Å². The van der Waals surface area contributed by atoms with Crippen LogP contribution in [0.2, 0.25) is 0 Å². The number of amides is 1. The number of ether oxygens (including phenoxy) is 1. The molecule has 1 atom stereocenters. The highest BCUT2D eigenvalue weighted by molar-refractivity contribution is 5.92. The number of aromatic nitrogens is 2. The van der Waals surface area contributed by atoms with Gasteiger partial charge in [-0.1, -0.05) is 19.1 Å². The first kappa shape index (κ1) is 17.0. The summed E-state index contributed by atoms with van der Waals surface area (Å²) in [5, 5.41) is 12.8. The molecule has 0 bridgehead atoms. The van der Waals surface area contributed by atoms with E-state index in [0.29, 0.717) is 5.69 Å². The van der Waals surface area contributed by atoms with Crippen LogP contribution < -0.4 is 10.1 Å². The average molecular weight is 317 g/mol. The van der Waals surface area contributed by atoms with Gasteiger partial charge in [0, 0.05) is 13.0 Å². The molecule has 2 aromatic rings. The third-order valence-electron chi connectivity index (χ3n) is 3.30. The van der Waals surface area contributed by atoms with E-state index in [9.17, 15) is 9.90 Å². The van der Waals surface area contributed by atoms with Gasteiger partial charge in [0.25, 0.3) is 5.91 Å². The van der Waals surface area contributed by atoms with Crippen LogP contribution in [-0.4, -0.2) is 33.6 Å². The fourth-order valence-electron chi connectivity index (χ4n) is 2.10. The van der Waals surface area contributed by atoms with E-state index in [1.54, 1.807) is 12.1 Å². The average Bonchev–Trinajstić information content (AvgIpc) is 3.01. The molecular weight excluding hydrogens is 294 g/mol. The minimum absolute atomic E-state index is 0.104. The van der Waals surface area contributed by atoms with Crippen molar-refractivity contribution in [2.45, 2.75) is 39.4 Å². The predicted molar refractivity (Wildman–Crippen MR) is 87.5 cm³/mol. The Morgan fingerprint density at radius 2 is 2.04 bits per heavy atom. The molecule has 23 heavy (non-hydrogen) atoms.